The average molecular weight is 297 g/mol. The highest BCUT2D eigenvalue weighted by Crippen LogP contribution is 2.24. The second-order valence-electron chi connectivity index (χ2n) is 4.27. The molecule has 0 fully saturated rings. The normalized spacial score (nSPS) is 13.0. The molecule has 21 heavy (non-hydrogen) atoms. The summed E-state index contributed by atoms with van der Waals surface area (Å²) in [5.74, 6) is 4.54. The number of nitrogens with two attached hydrogens (primary N) is 1. The average Bonchev–Trinajstić information content (AvgIpc) is 2.50. The third-order valence-electron chi connectivity index (χ3n) is 2.85. The van der Waals surface area contributed by atoms with Crippen LogP contribution in [0.25, 0.3) is 0 Å². The fourth-order valence-electron chi connectivity index (χ4n) is 1.70. The maximum Gasteiger partial charge on any atom is 0.259 e. The molecule has 0 heterocycles. The van der Waals surface area contributed by atoms with Crippen LogP contribution >= 0.6 is 0 Å². The molecule has 5 N–H and O–H groups in total. The Morgan fingerprint density at radius 1 is 1.29 bits per heavy atom. The second-order valence-corrected chi connectivity index (χ2v) is 4.27. The quantitative estimate of drug-likeness (QED) is 0.309. The van der Waals surface area contributed by atoms with Crippen LogP contribution in [-0.2, 0) is 4.79 Å². The summed E-state index contributed by atoms with van der Waals surface area (Å²) in [6.45, 7) is 1.37. The van der Waals surface area contributed by atoms with E-state index in [-0.39, 0.29) is 11.3 Å². The number of carbonyl (C=O) groups is 2. The Bertz CT molecular complexity index is 519. The van der Waals surface area contributed by atoms with Gasteiger partial charge in [-0.05, 0) is 19.1 Å². The maximum atomic E-state index is 12.2. The zero-order valence-corrected chi connectivity index (χ0v) is 12.0. The minimum absolute atomic E-state index is 0.203. The topological polar surface area (TPSA) is 123 Å². The molecule has 2 atom stereocenters. The summed E-state index contributed by atoms with van der Waals surface area (Å²) in [6, 6.07) is 3.44. The molecule has 0 aromatic heterocycles. The van der Waals surface area contributed by atoms with E-state index in [0.717, 1.165) is 0 Å². The minimum atomic E-state index is -1.17. The Hall–Kier alpha value is -2.32. The van der Waals surface area contributed by atoms with E-state index >= 15 is 0 Å². The van der Waals surface area contributed by atoms with Crippen molar-refractivity contribution in [1.82, 2.24) is 10.7 Å². The summed E-state index contributed by atoms with van der Waals surface area (Å²) in [4.78, 5) is 23.7. The minimum Gasteiger partial charge on any atom is -0.497 e. The van der Waals surface area contributed by atoms with Crippen LogP contribution < -0.4 is 26.1 Å². The lowest BCUT2D eigenvalue weighted by atomic mass is 10.1. The zero-order valence-electron chi connectivity index (χ0n) is 12.0. The molecule has 0 radical (unpaired) electrons. The van der Waals surface area contributed by atoms with E-state index in [1.807, 2.05) is 5.43 Å². The van der Waals surface area contributed by atoms with Gasteiger partial charge in [0, 0.05) is 6.07 Å². The summed E-state index contributed by atoms with van der Waals surface area (Å²) < 4.78 is 10.1. The van der Waals surface area contributed by atoms with Crippen molar-refractivity contribution in [2.45, 2.75) is 19.1 Å². The van der Waals surface area contributed by atoms with Gasteiger partial charge in [0.05, 0.1) is 25.9 Å². The van der Waals surface area contributed by atoms with Crippen molar-refractivity contribution in [1.29, 1.82) is 0 Å². The van der Waals surface area contributed by atoms with Crippen molar-refractivity contribution in [2.75, 3.05) is 14.2 Å². The fourth-order valence-corrected chi connectivity index (χ4v) is 1.70. The first-order valence-corrected chi connectivity index (χ1v) is 6.16. The summed E-state index contributed by atoms with van der Waals surface area (Å²) in [6.07, 6.45) is -1.11. The van der Waals surface area contributed by atoms with Crippen molar-refractivity contribution in [3.05, 3.63) is 23.8 Å². The van der Waals surface area contributed by atoms with Crippen LogP contribution in [0.3, 0.4) is 0 Å². The number of hydrazine groups is 1. The van der Waals surface area contributed by atoms with Crippen LogP contribution in [-0.4, -0.2) is 43.3 Å². The number of aliphatic hydroxyl groups is 1. The maximum absolute atomic E-state index is 12.2. The number of methoxy groups -OCH3 is 2. The van der Waals surface area contributed by atoms with E-state index in [9.17, 15) is 14.7 Å². The van der Waals surface area contributed by atoms with E-state index in [1.54, 1.807) is 6.07 Å². The monoisotopic (exact) mass is 297 g/mol. The van der Waals surface area contributed by atoms with Gasteiger partial charge in [0.15, 0.2) is 0 Å². The van der Waals surface area contributed by atoms with Crippen molar-refractivity contribution in [3.8, 4) is 11.5 Å². The number of hydrogen-bond acceptors (Lipinski definition) is 6. The van der Waals surface area contributed by atoms with Gasteiger partial charge in [-0.15, -0.1) is 0 Å². The fraction of sp³-hybridized carbons (Fsp3) is 0.385. The Balaban J connectivity index is 3.00. The molecule has 0 aliphatic heterocycles. The van der Waals surface area contributed by atoms with E-state index in [1.165, 1.54) is 33.3 Å². The van der Waals surface area contributed by atoms with Crippen LogP contribution in [0.4, 0.5) is 0 Å². The van der Waals surface area contributed by atoms with Gasteiger partial charge in [-0.1, -0.05) is 0 Å². The number of rotatable bonds is 6. The molecule has 0 unspecified atom stereocenters. The molecular formula is C13H19N3O5. The number of carbonyl (C=O) groups excluding carboxylic acids is 2. The number of benzene rings is 1. The third-order valence-corrected chi connectivity index (χ3v) is 2.85. The smallest absolute Gasteiger partial charge is 0.259 e. The third kappa shape index (κ3) is 4.07. The van der Waals surface area contributed by atoms with Crippen LogP contribution in [0.15, 0.2) is 18.2 Å². The second kappa shape index (κ2) is 7.46. The van der Waals surface area contributed by atoms with E-state index in [0.29, 0.717) is 5.75 Å². The van der Waals surface area contributed by atoms with Gasteiger partial charge in [-0.2, -0.15) is 0 Å². The molecule has 1 aromatic rings. The molecular weight excluding hydrogens is 278 g/mol. The highest BCUT2D eigenvalue weighted by atomic mass is 16.5. The standard InChI is InChI=1S/C13H19N3O5/c1-7(17)11(13(19)16-14)15-12(18)9-5-4-8(20-2)6-10(9)21-3/h4-7,11,17H,14H2,1-3H3,(H,15,18)(H,16,19)/t7-,11+/m1/s1. The molecule has 0 bridgehead atoms. The Morgan fingerprint density at radius 2 is 1.95 bits per heavy atom. The van der Waals surface area contributed by atoms with Gasteiger partial charge >= 0.3 is 0 Å². The van der Waals surface area contributed by atoms with E-state index in [2.05, 4.69) is 5.32 Å². The van der Waals surface area contributed by atoms with Crippen LogP contribution in [0.5, 0.6) is 11.5 Å². The molecule has 8 nitrogen and oxygen atoms in total. The Morgan fingerprint density at radius 3 is 2.43 bits per heavy atom. The predicted octanol–water partition coefficient (Wildman–Crippen LogP) is -0.827. The number of amides is 2. The Labute approximate surface area is 122 Å². The lowest BCUT2D eigenvalue weighted by Crippen LogP contribution is -2.54. The highest BCUT2D eigenvalue weighted by Gasteiger charge is 2.26. The summed E-state index contributed by atoms with van der Waals surface area (Å²) >= 11 is 0. The van der Waals surface area contributed by atoms with E-state index < -0.39 is 24.0 Å². The predicted molar refractivity (Wildman–Crippen MR) is 74.8 cm³/mol. The molecule has 0 saturated carbocycles. The molecule has 8 heteroatoms. The van der Waals surface area contributed by atoms with Crippen LogP contribution in [0.2, 0.25) is 0 Å². The van der Waals surface area contributed by atoms with Gasteiger partial charge < -0.3 is 19.9 Å². The number of hydrogen-bond donors (Lipinski definition) is 4. The summed E-state index contributed by atoms with van der Waals surface area (Å²) in [5.41, 5.74) is 2.09. The lowest BCUT2D eigenvalue weighted by Gasteiger charge is -2.20. The number of aliphatic hydroxyl groups excluding tert-OH is 1. The SMILES string of the molecule is COc1ccc(C(=O)N[C@H](C(=O)NN)[C@@H](C)O)c(OC)c1. The van der Waals surface area contributed by atoms with Gasteiger partial charge in [0.1, 0.15) is 17.5 Å². The van der Waals surface area contributed by atoms with Crippen molar-refractivity contribution in [3.63, 3.8) is 0 Å². The van der Waals surface area contributed by atoms with Gasteiger partial charge in [-0.3, -0.25) is 15.0 Å². The van der Waals surface area contributed by atoms with Gasteiger partial charge in [0.25, 0.3) is 11.8 Å². The zero-order chi connectivity index (χ0) is 16.0. The number of ether oxygens (including phenoxy) is 2. The molecule has 116 valence electrons. The molecule has 2 amide bonds. The molecule has 0 aliphatic rings. The Kier molecular flexibility index (Phi) is 5.94. The van der Waals surface area contributed by atoms with Crippen molar-refractivity contribution >= 4 is 11.8 Å². The molecule has 1 aromatic carbocycles. The largest absolute Gasteiger partial charge is 0.497 e. The summed E-state index contributed by atoms with van der Waals surface area (Å²) in [5, 5.41) is 11.9. The van der Waals surface area contributed by atoms with Crippen molar-refractivity contribution < 1.29 is 24.2 Å². The highest BCUT2D eigenvalue weighted by molar-refractivity contribution is 5.99. The first-order valence-electron chi connectivity index (χ1n) is 6.16. The number of nitrogens with one attached hydrogen (secondary N) is 2. The molecule has 0 spiro atoms. The molecule has 0 aliphatic carbocycles. The van der Waals surface area contributed by atoms with Crippen molar-refractivity contribution in [2.24, 2.45) is 5.84 Å². The first-order chi connectivity index (χ1) is 9.94. The molecule has 1 rings (SSSR count). The van der Waals surface area contributed by atoms with Gasteiger partial charge in [0.2, 0.25) is 0 Å². The van der Waals surface area contributed by atoms with Gasteiger partial charge in [-0.25, -0.2) is 5.84 Å². The van der Waals surface area contributed by atoms with E-state index in [4.69, 9.17) is 15.3 Å². The van der Waals surface area contributed by atoms with Crippen LogP contribution in [0, 0.1) is 0 Å². The van der Waals surface area contributed by atoms with Crippen LogP contribution in [0.1, 0.15) is 17.3 Å². The molecule has 0 saturated heterocycles. The lowest BCUT2D eigenvalue weighted by molar-refractivity contribution is -0.125. The first kappa shape index (κ1) is 16.7. The summed E-state index contributed by atoms with van der Waals surface area (Å²) in [7, 11) is 2.90.